The predicted molar refractivity (Wildman–Crippen MR) is 223 cm³/mol. The van der Waals surface area contributed by atoms with E-state index in [9.17, 15) is 38.7 Å². The number of nitrogens with zero attached hydrogens (tertiary/aromatic N) is 7. The van der Waals surface area contributed by atoms with Gasteiger partial charge in [-0.1, -0.05) is 5.11 Å². The van der Waals surface area contributed by atoms with Crippen LogP contribution >= 0.6 is 15.6 Å². The number of aromatic nitrogens is 4. The number of phosphoric ester groups is 2. The van der Waals surface area contributed by atoms with Gasteiger partial charge < -0.3 is 68.8 Å². The van der Waals surface area contributed by atoms with Crippen molar-refractivity contribution in [3.8, 4) is 0 Å². The number of aliphatic hydroxyl groups excluding tert-OH is 2. The maximum atomic E-state index is 12.2. The average Bonchev–Trinajstić information content (AvgIpc) is 3.80. The molecule has 1 aliphatic rings. The van der Waals surface area contributed by atoms with Gasteiger partial charge in [0.15, 0.2) is 17.7 Å². The minimum Gasteiger partial charge on any atom is -0.756 e. The number of azide groups is 1. The summed E-state index contributed by atoms with van der Waals surface area (Å²) in [7, 11) is -11.5. The molecule has 3 heterocycles. The number of nitrogen functional groups attached to an aromatic ring is 1. The number of ether oxygens (including phenoxy) is 4. The Bertz CT molecular complexity index is 1710. The predicted octanol–water partition coefficient (Wildman–Crippen LogP) is -1.95. The highest BCUT2D eigenvalue weighted by molar-refractivity contribution is 7.60. The van der Waals surface area contributed by atoms with E-state index in [4.69, 9.17) is 30.2 Å². The lowest BCUT2D eigenvalue weighted by Gasteiger charge is -2.30. The summed E-state index contributed by atoms with van der Waals surface area (Å²) in [4.78, 5) is 65.7. The highest BCUT2D eigenvalue weighted by Crippen LogP contribution is 2.56. The van der Waals surface area contributed by atoms with Gasteiger partial charge in [0.2, 0.25) is 5.91 Å². The molecule has 1 saturated heterocycles. The van der Waals surface area contributed by atoms with Crippen molar-refractivity contribution in [2.45, 2.75) is 85.3 Å². The number of hydrogen-bond acceptors (Lipinski definition) is 20. The molecular weight excluding hydrogens is 876 g/mol. The van der Waals surface area contributed by atoms with E-state index in [-0.39, 0.29) is 62.7 Å². The van der Waals surface area contributed by atoms with Gasteiger partial charge in [0.1, 0.15) is 30.2 Å². The first-order valence-corrected chi connectivity index (χ1v) is 23.8. The zero-order chi connectivity index (χ0) is 47.3. The van der Waals surface area contributed by atoms with Crippen LogP contribution < -0.4 is 30.6 Å². The van der Waals surface area contributed by atoms with Gasteiger partial charge in [-0.25, -0.2) is 19.3 Å². The molecule has 0 saturated carbocycles. The van der Waals surface area contributed by atoms with Crippen LogP contribution in [0.4, 0.5) is 5.82 Å². The van der Waals surface area contributed by atoms with E-state index in [0.29, 0.717) is 19.8 Å². The number of phosphoric acid groups is 2. The quantitative estimate of drug-likeness (QED) is 0.0170. The number of nitrogens with two attached hydrogens (primary N) is 1. The normalized spacial score (nSPS) is 19.0. The molecule has 3 unspecified atom stereocenters. The Balaban J connectivity index is 0.00000121. The number of aliphatic hydroxyl groups is 2. The van der Waals surface area contributed by atoms with E-state index >= 15 is 0 Å². The van der Waals surface area contributed by atoms with Crippen LogP contribution in [0.15, 0.2) is 17.8 Å². The molecule has 2 aromatic rings. The van der Waals surface area contributed by atoms with Crippen molar-refractivity contribution in [3.05, 3.63) is 23.1 Å². The summed E-state index contributed by atoms with van der Waals surface area (Å²) >= 11 is 0. The molecule has 0 aliphatic carbocycles. The SMILES string of the molecule is CC[NH+](CC)CC.CC[NH+](CC)CC.[N-]=[N+]=NCCOCCOCCOCCNC(=O)CCCC(=O)OP(=O)([O-])OP(=O)([O-])OC[C@H]1O[C@@H](n2cnc3c(N)ncnc32)[C@@H](O)C1O. The third kappa shape index (κ3) is 23.4. The van der Waals surface area contributed by atoms with Crippen molar-refractivity contribution < 1.29 is 80.8 Å². The van der Waals surface area contributed by atoms with E-state index in [1.165, 1.54) is 50.2 Å². The second-order valence-corrected chi connectivity index (χ2v) is 16.4. The van der Waals surface area contributed by atoms with Gasteiger partial charge in [-0.2, -0.15) is 0 Å². The third-order valence-corrected chi connectivity index (χ3v) is 11.8. The molecule has 6 atom stereocenters. The fourth-order valence-electron chi connectivity index (χ4n) is 5.59. The van der Waals surface area contributed by atoms with Crippen LogP contribution in [0, 0.1) is 0 Å². The van der Waals surface area contributed by atoms with E-state index in [1.807, 2.05) is 0 Å². The molecule has 63 heavy (non-hydrogen) atoms. The monoisotopic (exact) mass is 943 g/mol. The standard InChI is InChI=1S/C23H37N9O15P2.2C6H15N/c24-21-18-22(28-13-27-21)32(14-29-18)23-20(36)19(35)15(45-23)12-44-48(37,38)47-49(39,40)46-17(34)3-1-2-16(33)26-4-6-41-8-10-43-11-9-42-7-5-30-31-25;2*1-4-7(5-2)6-3/h13-15,19-20,23,35-36H,1-12H2,(H,26,33)(H,37,38)(H,39,40)(H2,24,27,28);2*4-6H2,1-3H3/t15-,19?,20+,23-;;/m1../s1. The zero-order valence-electron chi connectivity index (χ0n) is 37.0. The maximum absolute atomic E-state index is 12.2. The van der Waals surface area contributed by atoms with Gasteiger partial charge >= 0.3 is 13.8 Å². The third-order valence-electron chi connectivity index (χ3n) is 9.31. The van der Waals surface area contributed by atoms with Crippen LogP contribution in [0.5, 0.6) is 0 Å². The lowest BCUT2D eigenvalue weighted by molar-refractivity contribution is -0.894. The van der Waals surface area contributed by atoms with Crippen molar-refractivity contribution in [1.82, 2.24) is 24.8 Å². The first-order valence-electron chi connectivity index (χ1n) is 20.9. The lowest BCUT2D eigenvalue weighted by atomic mass is 10.1. The molecule has 7 N–H and O–H groups in total. The summed E-state index contributed by atoms with van der Waals surface area (Å²) in [5.41, 5.74) is 14.2. The van der Waals surface area contributed by atoms with Gasteiger partial charge in [-0.3, -0.25) is 23.3 Å². The minimum atomic E-state index is -5.79. The average molecular weight is 944 g/mol. The molecule has 1 aliphatic heterocycles. The smallest absolute Gasteiger partial charge is 0.328 e. The Morgan fingerprint density at radius 2 is 1.46 bits per heavy atom. The van der Waals surface area contributed by atoms with Crippen LogP contribution in [0.3, 0.4) is 0 Å². The fourth-order valence-corrected chi connectivity index (χ4v) is 7.56. The lowest BCUT2D eigenvalue weighted by Crippen LogP contribution is -3.11. The molecule has 1 amide bonds. The largest absolute Gasteiger partial charge is 0.756 e. The highest BCUT2D eigenvalue weighted by atomic mass is 31.3. The summed E-state index contributed by atoms with van der Waals surface area (Å²) in [5.74, 6) is -1.83. The van der Waals surface area contributed by atoms with Crippen LogP contribution in [0.2, 0.25) is 0 Å². The zero-order valence-corrected chi connectivity index (χ0v) is 38.8. The molecule has 1 fully saturated rings. The van der Waals surface area contributed by atoms with Crippen molar-refractivity contribution >= 4 is 44.5 Å². The molecule has 0 spiro atoms. The number of carbonyl (C=O) groups is 2. The van der Waals surface area contributed by atoms with Crippen molar-refractivity contribution in [3.63, 3.8) is 0 Å². The summed E-state index contributed by atoms with van der Waals surface area (Å²) in [6.07, 6.45) is -4.71. The van der Waals surface area contributed by atoms with Gasteiger partial charge in [-0.15, -0.1) is 0 Å². The van der Waals surface area contributed by atoms with Gasteiger partial charge in [0.25, 0.3) is 7.82 Å². The van der Waals surface area contributed by atoms with Crippen LogP contribution in [-0.2, 0) is 51.0 Å². The van der Waals surface area contributed by atoms with Crippen LogP contribution in [0.1, 0.15) is 67.0 Å². The van der Waals surface area contributed by atoms with Crippen molar-refractivity contribution in [2.24, 2.45) is 5.11 Å². The molecule has 26 nitrogen and oxygen atoms in total. The molecule has 362 valence electrons. The number of carbonyl (C=O) groups excluding carboxylic acids is 2. The number of nitrogens with one attached hydrogen (secondary N) is 3. The number of amides is 1. The highest BCUT2D eigenvalue weighted by Gasteiger charge is 2.45. The molecule has 28 heteroatoms. The molecule has 0 radical (unpaired) electrons. The Morgan fingerprint density at radius 3 is 2.02 bits per heavy atom. The first kappa shape index (κ1) is 57.6. The second-order valence-electron chi connectivity index (χ2n) is 13.5. The Kier molecular flexibility index (Phi) is 29.5. The second kappa shape index (κ2) is 32.3. The number of rotatable bonds is 29. The molecule has 2 aromatic heterocycles. The summed E-state index contributed by atoms with van der Waals surface area (Å²) in [5, 5.41) is 26.6. The molecule has 0 aromatic carbocycles. The number of imidazole rings is 1. The first-order chi connectivity index (χ1) is 30.0. The Hall–Kier alpha value is -3.42. The van der Waals surface area contributed by atoms with E-state index < -0.39 is 65.1 Å². The Morgan fingerprint density at radius 1 is 0.889 bits per heavy atom. The number of hydrogen-bond donors (Lipinski definition) is 6. The number of quaternary nitrogens is 2. The van der Waals surface area contributed by atoms with Crippen molar-refractivity contribution in [1.29, 1.82) is 0 Å². The van der Waals surface area contributed by atoms with E-state index in [0.717, 1.165) is 6.33 Å². The molecule has 0 bridgehead atoms. The number of anilines is 1. The van der Waals surface area contributed by atoms with Gasteiger partial charge in [-0.05, 0) is 53.5 Å². The Labute approximate surface area is 367 Å². The summed E-state index contributed by atoms with van der Waals surface area (Å²) < 4.78 is 59.1. The van der Waals surface area contributed by atoms with Crippen LogP contribution in [0.25, 0.3) is 21.6 Å². The summed E-state index contributed by atoms with van der Waals surface area (Å²) in [6.45, 7) is 22.0. The number of fused-ring (bicyclic) bond motifs is 1. The summed E-state index contributed by atoms with van der Waals surface area (Å²) in [6, 6.07) is 0. The van der Waals surface area contributed by atoms with E-state index in [1.54, 1.807) is 9.80 Å². The van der Waals surface area contributed by atoms with Crippen LogP contribution in [-0.4, -0.2) is 159 Å². The van der Waals surface area contributed by atoms with E-state index in [2.05, 4.69) is 85.2 Å². The van der Waals surface area contributed by atoms with Gasteiger partial charge in [0.05, 0.1) is 91.8 Å². The van der Waals surface area contributed by atoms with Gasteiger partial charge in [0, 0.05) is 30.8 Å². The van der Waals surface area contributed by atoms with Crippen molar-refractivity contribution in [2.75, 3.05) is 104 Å². The molecule has 3 rings (SSSR count). The minimum absolute atomic E-state index is 0.0339. The topological polar surface area (TPSA) is 359 Å². The fraction of sp³-hybridized carbons (Fsp3) is 0.800. The molecular formula is C35H67N11O15P2. The maximum Gasteiger partial charge on any atom is 0.328 e.